The Morgan fingerprint density at radius 2 is 1.57 bits per heavy atom. The van der Waals surface area contributed by atoms with Crippen molar-refractivity contribution in [2.75, 3.05) is 0 Å². The molecule has 0 unspecified atom stereocenters. The number of hydrogen-bond donors (Lipinski definition) is 0. The summed E-state index contributed by atoms with van der Waals surface area (Å²) >= 11 is 2.15. The molecule has 0 atom stereocenters. The summed E-state index contributed by atoms with van der Waals surface area (Å²) in [5.41, 5.74) is 0.0939. The Morgan fingerprint density at radius 1 is 0.957 bits per heavy atom. The summed E-state index contributed by atoms with van der Waals surface area (Å²) in [7, 11) is 1.59. The van der Waals surface area contributed by atoms with Gasteiger partial charge in [-0.1, -0.05) is 36.4 Å². The second-order valence-corrected chi connectivity index (χ2v) is 6.07. The van der Waals surface area contributed by atoms with Crippen molar-refractivity contribution in [3.63, 3.8) is 0 Å². The fraction of sp³-hybridized carbons (Fsp3) is 0.125. The Hall–Kier alpha value is -1.90. The van der Waals surface area contributed by atoms with Gasteiger partial charge in [-0.05, 0) is 34.7 Å². The van der Waals surface area contributed by atoms with Crippen molar-refractivity contribution in [2.24, 2.45) is 7.05 Å². The molecule has 7 heteroatoms. The summed E-state index contributed by atoms with van der Waals surface area (Å²) < 4.78 is 41.9. The minimum absolute atomic E-state index is 0.0205. The van der Waals surface area contributed by atoms with Crippen LogP contribution in [0.3, 0.4) is 0 Å². The van der Waals surface area contributed by atoms with E-state index in [2.05, 4.69) is 32.7 Å². The van der Waals surface area contributed by atoms with Gasteiger partial charge in [0, 0.05) is 21.7 Å². The predicted octanol–water partition coefficient (Wildman–Crippen LogP) is 4.77. The standard InChI is InChI=1S/C16H11F3IN3/c1-23-15(10-6-2-4-8-12(10)16(17,18)19)21-14(22-23)11-7-3-5-9-13(11)20/h2-9H,1H3. The van der Waals surface area contributed by atoms with Crippen molar-refractivity contribution in [3.05, 3.63) is 57.7 Å². The first-order chi connectivity index (χ1) is 10.9. The average Bonchev–Trinajstić information content (AvgIpc) is 2.88. The number of nitrogens with zero attached hydrogens (tertiary/aromatic N) is 3. The molecule has 0 radical (unpaired) electrons. The third-order valence-corrected chi connectivity index (χ3v) is 4.29. The molecule has 0 aliphatic rings. The van der Waals surface area contributed by atoms with E-state index in [1.54, 1.807) is 13.1 Å². The smallest absolute Gasteiger partial charge is 0.248 e. The molecule has 1 aromatic heterocycles. The molecule has 0 saturated heterocycles. The maximum Gasteiger partial charge on any atom is 0.417 e. The molecule has 3 nitrogen and oxygen atoms in total. The SMILES string of the molecule is Cn1nc(-c2ccccc2I)nc1-c1ccccc1C(F)(F)F. The highest BCUT2D eigenvalue weighted by molar-refractivity contribution is 14.1. The summed E-state index contributed by atoms with van der Waals surface area (Å²) in [5.74, 6) is 0.594. The summed E-state index contributed by atoms with van der Waals surface area (Å²) in [6.07, 6.45) is -4.44. The van der Waals surface area contributed by atoms with Crippen LogP contribution in [0.5, 0.6) is 0 Å². The number of rotatable bonds is 2. The van der Waals surface area contributed by atoms with E-state index < -0.39 is 11.7 Å². The lowest BCUT2D eigenvalue weighted by molar-refractivity contribution is -0.137. The van der Waals surface area contributed by atoms with E-state index in [0.717, 1.165) is 15.2 Å². The molecule has 23 heavy (non-hydrogen) atoms. The first kappa shape index (κ1) is 16.0. The van der Waals surface area contributed by atoms with Gasteiger partial charge in [0.05, 0.1) is 5.56 Å². The van der Waals surface area contributed by atoms with Crippen LogP contribution in [0.1, 0.15) is 5.56 Å². The number of aryl methyl sites for hydroxylation is 1. The fourth-order valence-electron chi connectivity index (χ4n) is 2.30. The molecule has 0 amide bonds. The Labute approximate surface area is 144 Å². The van der Waals surface area contributed by atoms with Gasteiger partial charge >= 0.3 is 6.18 Å². The van der Waals surface area contributed by atoms with Crippen LogP contribution in [0.15, 0.2) is 48.5 Å². The third-order valence-electron chi connectivity index (χ3n) is 3.35. The molecular formula is C16H11F3IN3. The molecule has 0 bridgehead atoms. The molecule has 3 rings (SSSR count). The van der Waals surface area contributed by atoms with E-state index >= 15 is 0 Å². The van der Waals surface area contributed by atoms with E-state index in [9.17, 15) is 13.2 Å². The van der Waals surface area contributed by atoms with Crippen LogP contribution in [0.25, 0.3) is 22.8 Å². The Kier molecular flexibility index (Phi) is 4.13. The molecule has 2 aromatic carbocycles. The van der Waals surface area contributed by atoms with Crippen LogP contribution in [0, 0.1) is 3.57 Å². The fourth-order valence-corrected chi connectivity index (χ4v) is 2.93. The minimum Gasteiger partial charge on any atom is -0.248 e. The zero-order valence-electron chi connectivity index (χ0n) is 12.0. The van der Waals surface area contributed by atoms with Crippen LogP contribution in [0.2, 0.25) is 0 Å². The van der Waals surface area contributed by atoms with Gasteiger partial charge in [0.2, 0.25) is 0 Å². The van der Waals surface area contributed by atoms with Crippen LogP contribution in [-0.4, -0.2) is 14.8 Å². The van der Waals surface area contributed by atoms with Crippen molar-refractivity contribution in [1.29, 1.82) is 0 Å². The second-order valence-electron chi connectivity index (χ2n) is 4.91. The maximum absolute atomic E-state index is 13.2. The highest BCUT2D eigenvalue weighted by Gasteiger charge is 2.34. The lowest BCUT2D eigenvalue weighted by Crippen LogP contribution is -2.08. The van der Waals surface area contributed by atoms with Gasteiger partial charge in [-0.25, -0.2) is 9.67 Å². The van der Waals surface area contributed by atoms with Crippen molar-refractivity contribution in [2.45, 2.75) is 6.18 Å². The van der Waals surface area contributed by atoms with Crippen molar-refractivity contribution < 1.29 is 13.2 Å². The molecule has 0 N–H and O–H groups in total. The normalized spacial score (nSPS) is 11.7. The monoisotopic (exact) mass is 429 g/mol. The third kappa shape index (κ3) is 3.10. The molecule has 0 saturated carbocycles. The number of hydrogen-bond acceptors (Lipinski definition) is 2. The van der Waals surface area contributed by atoms with Gasteiger partial charge in [-0.3, -0.25) is 0 Å². The van der Waals surface area contributed by atoms with E-state index in [-0.39, 0.29) is 11.4 Å². The lowest BCUT2D eigenvalue weighted by atomic mass is 10.1. The highest BCUT2D eigenvalue weighted by atomic mass is 127. The summed E-state index contributed by atoms with van der Waals surface area (Å²) in [6.45, 7) is 0. The van der Waals surface area contributed by atoms with Gasteiger partial charge in [0.25, 0.3) is 0 Å². The lowest BCUT2D eigenvalue weighted by Gasteiger charge is -2.11. The molecule has 3 aromatic rings. The van der Waals surface area contributed by atoms with Crippen LogP contribution >= 0.6 is 22.6 Å². The summed E-state index contributed by atoms with van der Waals surface area (Å²) in [6, 6.07) is 12.9. The molecular weight excluding hydrogens is 418 g/mol. The minimum atomic E-state index is -4.44. The van der Waals surface area contributed by atoms with Gasteiger partial charge < -0.3 is 0 Å². The Balaban J connectivity index is 2.16. The van der Waals surface area contributed by atoms with Gasteiger partial charge in [0.1, 0.15) is 0 Å². The molecule has 0 aliphatic heterocycles. The van der Waals surface area contributed by atoms with Gasteiger partial charge in [-0.2, -0.15) is 18.3 Å². The van der Waals surface area contributed by atoms with E-state index in [1.807, 2.05) is 24.3 Å². The van der Waals surface area contributed by atoms with Crippen molar-refractivity contribution in [1.82, 2.24) is 14.8 Å². The number of alkyl halides is 3. The van der Waals surface area contributed by atoms with E-state index in [0.29, 0.717) is 5.82 Å². The topological polar surface area (TPSA) is 30.7 Å². The second kappa shape index (κ2) is 5.95. The molecule has 118 valence electrons. The Bertz CT molecular complexity index is 856. The average molecular weight is 429 g/mol. The van der Waals surface area contributed by atoms with Crippen LogP contribution < -0.4 is 0 Å². The van der Waals surface area contributed by atoms with Crippen LogP contribution in [-0.2, 0) is 13.2 Å². The zero-order chi connectivity index (χ0) is 16.6. The number of benzene rings is 2. The van der Waals surface area contributed by atoms with Crippen LogP contribution in [0.4, 0.5) is 13.2 Å². The summed E-state index contributed by atoms with van der Waals surface area (Å²) in [5, 5.41) is 4.27. The number of aromatic nitrogens is 3. The first-order valence-electron chi connectivity index (χ1n) is 6.70. The number of halogens is 4. The first-order valence-corrected chi connectivity index (χ1v) is 7.78. The zero-order valence-corrected chi connectivity index (χ0v) is 14.1. The molecule has 0 aliphatic carbocycles. The maximum atomic E-state index is 13.2. The van der Waals surface area contributed by atoms with E-state index in [1.165, 1.54) is 16.8 Å². The molecule has 0 spiro atoms. The van der Waals surface area contributed by atoms with Gasteiger partial charge in [-0.15, -0.1) is 0 Å². The van der Waals surface area contributed by atoms with E-state index in [4.69, 9.17) is 0 Å². The van der Waals surface area contributed by atoms with Gasteiger partial charge in [0.15, 0.2) is 11.6 Å². The molecule has 0 fully saturated rings. The highest BCUT2D eigenvalue weighted by Crippen LogP contribution is 2.36. The largest absolute Gasteiger partial charge is 0.417 e. The molecule has 1 heterocycles. The van der Waals surface area contributed by atoms with Crippen molar-refractivity contribution >= 4 is 22.6 Å². The Morgan fingerprint density at radius 3 is 2.22 bits per heavy atom. The van der Waals surface area contributed by atoms with Crippen molar-refractivity contribution in [3.8, 4) is 22.8 Å². The predicted molar refractivity (Wildman–Crippen MR) is 89.6 cm³/mol. The summed E-state index contributed by atoms with van der Waals surface area (Å²) in [4.78, 5) is 4.33. The quantitative estimate of drug-likeness (QED) is 0.550.